The van der Waals surface area contributed by atoms with Crippen LogP contribution in [0.25, 0.3) is 0 Å². The Labute approximate surface area is 175 Å². The Hall–Kier alpha value is -1.00. The number of ether oxygens (including phenoxy) is 1. The molecule has 0 unspecified atom stereocenters. The SMILES string of the molecule is Cc1cc(C)c(S(=O)(=O)N(CCCN2CCOCC2)[C@H]2CCS(=O)(=O)C2)cc1C. The smallest absolute Gasteiger partial charge is 0.243 e. The number of nitrogens with zero attached hydrogens (tertiary/aromatic N) is 2. The van der Waals surface area contributed by atoms with Crippen molar-refractivity contribution in [2.24, 2.45) is 0 Å². The molecule has 29 heavy (non-hydrogen) atoms. The molecule has 2 fully saturated rings. The Morgan fingerprint density at radius 2 is 1.76 bits per heavy atom. The molecule has 0 aromatic heterocycles. The molecule has 0 amide bonds. The molecular formula is C20H32N2O5S2. The first-order valence-corrected chi connectivity index (χ1v) is 13.5. The van der Waals surface area contributed by atoms with Gasteiger partial charge in [-0.1, -0.05) is 6.07 Å². The summed E-state index contributed by atoms with van der Waals surface area (Å²) in [4.78, 5) is 2.55. The maximum Gasteiger partial charge on any atom is 0.243 e. The van der Waals surface area contributed by atoms with Crippen molar-refractivity contribution >= 4 is 19.9 Å². The zero-order valence-electron chi connectivity index (χ0n) is 17.6. The molecular weight excluding hydrogens is 412 g/mol. The average Bonchev–Trinajstić information content (AvgIpc) is 3.01. The van der Waals surface area contributed by atoms with E-state index in [1.807, 2.05) is 19.9 Å². The number of sulfonamides is 1. The largest absolute Gasteiger partial charge is 0.379 e. The summed E-state index contributed by atoms with van der Waals surface area (Å²) in [5.74, 6) is -0.0350. The topological polar surface area (TPSA) is 84.0 Å². The van der Waals surface area contributed by atoms with Crippen LogP contribution in [0.1, 0.15) is 29.5 Å². The van der Waals surface area contributed by atoms with Gasteiger partial charge >= 0.3 is 0 Å². The fourth-order valence-electron chi connectivity index (χ4n) is 4.11. The summed E-state index contributed by atoms with van der Waals surface area (Å²) in [5.41, 5.74) is 2.66. The maximum atomic E-state index is 13.6. The quantitative estimate of drug-likeness (QED) is 0.634. The first-order chi connectivity index (χ1) is 13.6. The summed E-state index contributed by atoms with van der Waals surface area (Å²) < 4.78 is 58.1. The van der Waals surface area contributed by atoms with E-state index in [0.29, 0.717) is 38.2 Å². The number of hydrogen-bond donors (Lipinski definition) is 0. The van der Waals surface area contributed by atoms with E-state index in [1.54, 1.807) is 13.0 Å². The van der Waals surface area contributed by atoms with Gasteiger partial charge in [0.2, 0.25) is 10.0 Å². The summed E-state index contributed by atoms with van der Waals surface area (Å²) in [6.45, 7) is 9.86. The van der Waals surface area contributed by atoms with Crippen molar-refractivity contribution in [3.8, 4) is 0 Å². The summed E-state index contributed by atoms with van der Waals surface area (Å²) in [6, 6.07) is 3.12. The zero-order valence-corrected chi connectivity index (χ0v) is 19.2. The first kappa shape index (κ1) is 22.7. The first-order valence-electron chi connectivity index (χ1n) is 10.2. The number of benzene rings is 1. The van der Waals surface area contributed by atoms with Crippen molar-refractivity contribution in [1.29, 1.82) is 0 Å². The molecule has 1 aromatic carbocycles. The van der Waals surface area contributed by atoms with Crippen LogP contribution >= 0.6 is 0 Å². The third-order valence-electron chi connectivity index (χ3n) is 5.95. The molecule has 164 valence electrons. The molecule has 2 aliphatic rings. The van der Waals surface area contributed by atoms with Gasteiger partial charge in [0.1, 0.15) is 0 Å². The third-order valence-corrected chi connectivity index (χ3v) is 9.79. The summed E-state index contributed by atoms with van der Waals surface area (Å²) >= 11 is 0. The van der Waals surface area contributed by atoms with Crippen molar-refractivity contribution in [3.63, 3.8) is 0 Å². The normalized spacial score (nSPS) is 23.0. The van der Waals surface area contributed by atoms with E-state index in [1.165, 1.54) is 4.31 Å². The van der Waals surface area contributed by atoms with Crippen molar-refractivity contribution in [2.45, 2.75) is 44.6 Å². The van der Waals surface area contributed by atoms with Gasteiger partial charge < -0.3 is 4.74 Å². The Morgan fingerprint density at radius 3 is 2.38 bits per heavy atom. The van der Waals surface area contributed by atoms with Crippen molar-refractivity contribution in [1.82, 2.24) is 9.21 Å². The minimum atomic E-state index is -3.78. The van der Waals surface area contributed by atoms with E-state index < -0.39 is 25.9 Å². The summed E-state index contributed by atoms with van der Waals surface area (Å²) in [7, 11) is -6.97. The number of morpholine rings is 1. The molecule has 0 aliphatic carbocycles. The Bertz CT molecular complexity index is 938. The van der Waals surface area contributed by atoms with Gasteiger partial charge in [-0.15, -0.1) is 0 Å². The van der Waals surface area contributed by atoms with Gasteiger partial charge in [0.05, 0.1) is 29.6 Å². The fraction of sp³-hybridized carbons (Fsp3) is 0.700. The van der Waals surface area contributed by atoms with Gasteiger partial charge in [-0.2, -0.15) is 4.31 Å². The van der Waals surface area contributed by atoms with Crippen LogP contribution in [0.15, 0.2) is 17.0 Å². The maximum absolute atomic E-state index is 13.6. The predicted octanol–water partition coefficient (Wildman–Crippen LogP) is 1.51. The molecule has 1 atom stereocenters. The molecule has 0 N–H and O–H groups in total. The molecule has 0 radical (unpaired) electrons. The minimum absolute atomic E-state index is 0.0546. The Kier molecular flexibility index (Phi) is 7.05. The lowest BCUT2D eigenvalue weighted by atomic mass is 10.1. The molecule has 0 bridgehead atoms. The van der Waals surface area contributed by atoms with Gasteiger partial charge in [0, 0.05) is 25.7 Å². The van der Waals surface area contributed by atoms with Crippen LogP contribution < -0.4 is 0 Å². The predicted molar refractivity (Wildman–Crippen MR) is 113 cm³/mol. The molecule has 2 saturated heterocycles. The molecule has 1 aromatic rings. The number of rotatable bonds is 7. The number of hydrogen-bond acceptors (Lipinski definition) is 6. The Morgan fingerprint density at radius 1 is 1.10 bits per heavy atom. The van der Waals surface area contributed by atoms with Crippen LogP contribution in [0.5, 0.6) is 0 Å². The molecule has 0 saturated carbocycles. The van der Waals surface area contributed by atoms with E-state index in [2.05, 4.69) is 4.90 Å². The van der Waals surface area contributed by atoms with Crippen LogP contribution in [0.3, 0.4) is 0 Å². The fourth-order valence-corrected chi connectivity index (χ4v) is 7.93. The van der Waals surface area contributed by atoms with E-state index in [-0.39, 0.29) is 16.4 Å². The summed E-state index contributed by atoms with van der Waals surface area (Å²) in [6.07, 6.45) is 1.03. The van der Waals surface area contributed by atoms with Gasteiger partial charge in [-0.05, 0) is 62.9 Å². The molecule has 9 heteroatoms. The number of sulfone groups is 1. The van der Waals surface area contributed by atoms with E-state index in [9.17, 15) is 16.8 Å². The monoisotopic (exact) mass is 444 g/mol. The average molecular weight is 445 g/mol. The molecule has 2 aliphatic heterocycles. The second kappa shape index (κ2) is 9.01. The van der Waals surface area contributed by atoms with Crippen LogP contribution in [0.2, 0.25) is 0 Å². The molecule has 2 heterocycles. The van der Waals surface area contributed by atoms with Crippen molar-refractivity contribution in [3.05, 3.63) is 28.8 Å². The molecule has 3 rings (SSSR count). The van der Waals surface area contributed by atoms with E-state index in [4.69, 9.17) is 4.74 Å². The minimum Gasteiger partial charge on any atom is -0.379 e. The van der Waals surface area contributed by atoms with Gasteiger partial charge in [-0.25, -0.2) is 16.8 Å². The van der Waals surface area contributed by atoms with Gasteiger partial charge in [-0.3, -0.25) is 4.90 Å². The highest BCUT2D eigenvalue weighted by Crippen LogP contribution is 2.28. The second-order valence-corrected chi connectivity index (χ2v) is 12.3. The number of aryl methyl sites for hydroxylation is 3. The van der Waals surface area contributed by atoms with Crippen LogP contribution in [0.4, 0.5) is 0 Å². The van der Waals surface area contributed by atoms with Crippen molar-refractivity contribution in [2.75, 3.05) is 50.9 Å². The van der Waals surface area contributed by atoms with E-state index >= 15 is 0 Å². The highest BCUT2D eigenvalue weighted by molar-refractivity contribution is 7.92. The van der Waals surface area contributed by atoms with Crippen LogP contribution in [0, 0.1) is 20.8 Å². The highest BCUT2D eigenvalue weighted by Gasteiger charge is 2.39. The standard InChI is InChI=1S/C20H32N2O5S2/c1-16-13-18(3)20(14-17(16)2)29(25,26)22(19-5-12-28(23,24)15-19)7-4-6-21-8-10-27-11-9-21/h13-14,19H,4-12,15H2,1-3H3/t19-/m0/s1. The van der Waals surface area contributed by atoms with Crippen LogP contribution in [-0.2, 0) is 24.6 Å². The Balaban J connectivity index is 1.84. The molecule has 0 spiro atoms. The zero-order chi connectivity index (χ0) is 21.2. The van der Waals surface area contributed by atoms with Gasteiger partial charge in [0.15, 0.2) is 9.84 Å². The second-order valence-electron chi connectivity index (χ2n) is 8.18. The lowest BCUT2D eigenvalue weighted by Crippen LogP contribution is -2.43. The lowest BCUT2D eigenvalue weighted by Gasteiger charge is -2.30. The van der Waals surface area contributed by atoms with Gasteiger partial charge in [0.25, 0.3) is 0 Å². The van der Waals surface area contributed by atoms with E-state index in [0.717, 1.165) is 30.8 Å². The molecule has 7 nitrogen and oxygen atoms in total. The summed E-state index contributed by atoms with van der Waals surface area (Å²) in [5, 5.41) is 0. The van der Waals surface area contributed by atoms with Crippen LogP contribution in [-0.4, -0.2) is 83.0 Å². The highest BCUT2D eigenvalue weighted by atomic mass is 32.2. The van der Waals surface area contributed by atoms with Crippen molar-refractivity contribution < 1.29 is 21.6 Å². The third kappa shape index (κ3) is 5.38. The lowest BCUT2D eigenvalue weighted by molar-refractivity contribution is 0.0367.